The second-order valence-electron chi connectivity index (χ2n) is 9.37. The second kappa shape index (κ2) is 8.58. The highest BCUT2D eigenvalue weighted by Gasteiger charge is 2.46. The number of Topliss-reactive ketones (excluding diaryl/α,β-unsaturated/α-hetero) is 1. The minimum atomic E-state index is -0.745. The number of para-hydroxylation sites is 1. The molecule has 0 aliphatic carbocycles. The van der Waals surface area contributed by atoms with E-state index in [1.165, 1.54) is 4.90 Å². The first-order valence-electron chi connectivity index (χ1n) is 11.0. The van der Waals surface area contributed by atoms with Crippen molar-refractivity contribution in [2.45, 2.75) is 33.7 Å². The van der Waals surface area contributed by atoms with Crippen LogP contribution in [0, 0.1) is 12.3 Å². The number of hydrogen-bond donors (Lipinski definition) is 2. The van der Waals surface area contributed by atoms with Crippen LogP contribution in [-0.2, 0) is 9.59 Å². The van der Waals surface area contributed by atoms with Crippen molar-refractivity contribution in [2.75, 3.05) is 10.2 Å². The number of nitrogens with one attached hydrogen (secondary N) is 1. The highest BCUT2D eigenvalue weighted by Crippen LogP contribution is 2.43. The lowest BCUT2D eigenvalue weighted by molar-refractivity contribution is -0.123. The molecule has 33 heavy (non-hydrogen) atoms. The normalized spacial score (nSPS) is 16.3. The maximum Gasteiger partial charge on any atom is 0.294 e. The van der Waals surface area contributed by atoms with Crippen LogP contribution < -0.4 is 10.2 Å². The maximum atomic E-state index is 13.3. The number of carbonyl (C=O) groups excluding carboxylic acids is 2. The lowest BCUT2D eigenvalue weighted by Crippen LogP contribution is -2.32. The fourth-order valence-electron chi connectivity index (χ4n) is 4.06. The molecule has 0 radical (unpaired) electrons. The number of hydrogen-bond acceptors (Lipinski definition) is 4. The van der Waals surface area contributed by atoms with E-state index in [9.17, 15) is 14.7 Å². The van der Waals surface area contributed by atoms with Gasteiger partial charge in [-0.05, 0) is 48.9 Å². The van der Waals surface area contributed by atoms with E-state index in [0.29, 0.717) is 5.69 Å². The molecule has 4 rings (SSSR count). The molecule has 2 N–H and O–H groups in total. The number of amides is 1. The van der Waals surface area contributed by atoms with Crippen LogP contribution in [0.15, 0.2) is 90.2 Å². The average Bonchev–Trinajstić information content (AvgIpc) is 3.04. The smallest absolute Gasteiger partial charge is 0.294 e. The summed E-state index contributed by atoms with van der Waals surface area (Å²) in [5.74, 6) is -1.30. The van der Waals surface area contributed by atoms with E-state index in [1.807, 2.05) is 85.8 Å². The molecule has 5 nitrogen and oxygen atoms in total. The van der Waals surface area contributed by atoms with Gasteiger partial charge in [0.25, 0.3) is 5.91 Å². The quantitative estimate of drug-likeness (QED) is 0.492. The number of nitrogens with zero attached hydrogens (tertiary/aromatic N) is 1. The SMILES string of the molecule is Cc1cccc(C2C(C(=O)C(C)(C)C)=C(O)C(=O)N2c2ccc(Nc3ccccc3)cc2)c1. The van der Waals surface area contributed by atoms with Crippen LogP contribution in [0.5, 0.6) is 0 Å². The Labute approximate surface area is 194 Å². The van der Waals surface area contributed by atoms with E-state index < -0.39 is 23.1 Å². The van der Waals surface area contributed by atoms with Crippen LogP contribution >= 0.6 is 0 Å². The maximum absolute atomic E-state index is 13.3. The summed E-state index contributed by atoms with van der Waals surface area (Å²) >= 11 is 0. The van der Waals surface area contributed by atoms with Gasteiger partial charge in [0.2, 0.25) is 0 Å². The van der Waals surface area contributed by atoms with Crippen LogP contribution in [0.2, 0.25) is 0 Å². The highest BCUT2D eigenvalue weighted by molar-refractivity contribution is 6.17. The summed E-state index contributed by atoms with van der Waals surface area (Å²) in [7, 11) is 0. The van der Waals surface area contributed by atoms with Crippen molar-refractivity contribution in [3.8, 4) is 0 Å². The molecule has 168 valence electrons. The summed E-state index contributed by atoms with van der Waals surface area (Å²) in [5, 5.41) is 14.2. The third-order valence-corrected chi connectivity index (χ3v) is 5.70. The van der Waals surface area contributed by atoms with Gasteiger partial charge in [0.05, 0.1) is 11.6 Å². The monoisotopic (exact) mass is 440 g/mol. The van der Waals surface area contributed by atoms with Gasteiger partial charge in [-0.1, -0.05) is 68.8 Å². The Hall–Kier alpha value is -3.86. The van der Waals surface area contributed by atoms with E-state index in [0.717, 1.165) is 22.5 Å². The van der Waals surface area contributed by atoms with Gasteiger partial charge < -0.3 is 10.4 Å². The molecule has 0 saturated carbocycles. The third-order valence-electron chi connectivity index (χ3n) is 5.70. The molecule has 0 fully saturated rings. The molecule has 3 aromatic carbocycles. The number of aliphatic hydroxyl groups is 1. The van der Waals surface area contributed by atoms with Crippen LogP contribution in [0.25, 0.3) is 0 Å². The summed E-state index contributed by atoms with van der Waals surface area (Å²) in [6.45, 7) is 7.34. The summed E-state index contributed by atoms with van der Waals surface area (Å²) in [4.78, 5) is 28.1. The van der Waals surface area contributed by atoms with Crippen LogP contribution in [0.1, 0.15) is 37.9 Å². The third kappa shape index (κ3) is 4.40. The van der Waals surface area contributed by atoms with Crippen LogP contribution in [-0.4, -0.2) is 16.8 Å². The standard InChI is InChI=1S/C28H28N2O3/c1-18-9-8-10-19(17-18)24-23(26(32)28(2,3)4)25(31)27(33)30(24)22-15-13-21(14-16-22)29-20-11-6-5-7-12-20/h5-17,24,29,31H,1-4H3. The number of benzene rings is 3. The molecular weight excluding hydrogens is 412 g/mol. The number of ketones is 1. The van der Waals surface area contributed by atoms with Gasteiger partial charge in [0, 0.05) is 22.5 Å². The Balaban J connectivity index is 1.75. The number of aliphatic hydroxyl groups excluding tert-OH is 1. The van der Waals surface area contributed by atoms with Gasteiger partial charge in [-0.2, -0.15) is 0 Å². The van der Waals surface area contributed by atoms with Crippen molar-refractivity contribution < 1.29 is 14.7 Å². The second-order valence-corrected chi connectivity index (χ2v) is 9.37. The molecule has 0 saturated heterocycles. The molecule has 1 aliphatic rings. The Morgan fingerprint density at radius 1 is 0.909 bits per heavy atom. The molecule has 1 aliphatic heterocycles. The van der Waals surface area contributed by atoms with Gasteiger partial charge in [-0.3, -0.25) is 14.5 Å². The molecule has 1 unspecified atom stereocenters. The molecule has 0 spiro atoms. The number of anilines is 3. The van der Waals surface area contributed by atoms with Gasteiger partial charge in [-0.25, -0.2) is 0 Å². The van der Waals surface area contributed by atoms with Crippen LogP contribution in [0.3, 0.4) is 0 Å². The topological polar surface area (TPSA) is 69.6 Å². The molecule has 5 heteroatoms. The van der Waals surface area contributed by atoms with Gasteiger partial charge in [0.1, 0.15) is 0 Å². The minimum Gasteiger partial charge on any atom is -0.503 e. The summed E-state index contributed by atoms with van der Waals surface area (Å²) < 4.78 is 0. The van der Waals surface area contributed by atoms with Crippen LogP contribution in [0.4, 0.5) is 17.1 Å². The Morgan fingerprint density at radius 2 is 1.55 bits per heavy atom. The zero-order valence-electron chi connectivity index (χ0n) is 19.3. The van der Waals surface area contributed by atoms with Gasteiger partial charge in [-0.15, -0.1) is 0 Å². The number of rotatable bonds is 5. The van der Waals surface area contributed by atoms with Gasteiger partial charge >= 0.3 is 0 Å². The first-order valence-corrected chi connectivity index (χ1v) is 11.0. The van der Waals surface area contributed by atoms with Crippen molar-refractivity contribution in [3.05, 3.63) is 101 Å². The molecular formula is C28H28N2O3. The highest BCUT2D eigenvalue weighted by atomic mass is 16.3. The van der Waals surface area contributed by atoms with E-state index in [1.54, 1.807) is 20.8 Å². The Morgan fingerprint density at radius 3 is 2.15 bits per heavy atom. The first kappa shape index (κ1) is 22.3. The predicted octanol–water partition coefficient (Wildman–Crippen LogP) is 6.25. The largest absolute Gasteiger partial charge is 0.503 e. The lowest BCUT2D eigenvalue weighted by atomic mass is 9.82. The van der Waals surface area contributed by atoms with E-state index >= 15 is 0 Å². The molecule has 3 aromatic rings. The van der Waals surface area contributed by atoms with E-state index in [2.05, 4.69) is 5.32 Å². The Bertz CT molecular complexity index is 1220. The molecule has 0 bridgehead atoms. The summed E-state index contributed by atoms with van der Waals surface area (Å²) in [6, 6.07) is 24.2. The zero-order valence-corrected chi connectivity index (χ0v) is 19.3. The predicted molar refractivity (Wildman–Crippen MR) is 132 cm³/mol. The lowest BCUT2D eigenvalue weighted by Gasteiger charge is -2.29. The first-order chi connectivity index (χ1) is 15.7. The molecule has 1 heterocycles. The van der Waals surface area contributed by atoms with Crippen molar-refractivity contribution in [1.29, 1.82) is 0 Å². The fraction of sp³-hybridized carbons (Fsp3) is 0.214. The molecule has 0 aromatic heterocycles. The number of aryl methyl sites for hydroxylation is 1. The zero-order chi connectivity index (χ0) is 23.8. The average molecular weight is 441 g/mol. The summed E-state index contributed by atoms with van der Waals surface area (Å²) in [5.41, 5.74) is 3.62. The van der Waals surface area contributed by atoms with Crippen molar-refractivity contribution in [2.24, 2.45) is 5.41 Å². The number of carbonyl (C=O) groups is 2. The van der Waals surface area contributed by atoms with Crippen molar-refractivity contribution >= 4 is 28.8 Å². The summed E-state index contributed by atoms with van der Waals surface area (Å²) in [6.07, 6.45) is 0. The Kier molecular flexibility index (Phi) is 5.81. The minimum absolute atomic E-state index is 0.143. The van der Waals surface area contributed by atoms with E-state index in [-0.39, 0.29) is 11.4 Å². The van der Waals surface area contributed by atoms with Gasteiger partial charge in [0.15, 0.2) is 11.5 Å². The molecule has 1 atom stereocenters. The molecule has 1 amide bonds. The van der Waals surface area contributed by atoms with Crippen molar-refractivity contribution in [3.63, 3.8) is 0 Å². The van der Waals surface area contributed by atoms with Crippen molar-refractivity contribution in [1.82, 2.24) is 0 Å². The van der Waals surface area contributed by atoms with E-state index in [4.69, 9.17) is 0 Å². The fourth-order valence-corrected chi connectivity index (χ4v) is 4.06.